The number of carbonyl (C=O) groups is 4. The van der Waals surface area contributed by atoms with E-state index in [1.165, 1.54) is 0 Å². The van der Waals surface area contributed by atoms with Crippen molar-refractivity contribution in [3.8, 4) is 5.75 Å². The van der Waals surface area contributed by atoms with E-state index in [1.54, 1.807) is 47.4 Å². The smallest absolute Gasteiger partial charge is 0.294 e. The summed E-state index contributed by atoms with van der Waals surface area (Å²) in [5.41, 5.74) is 1.40. The van der Waals surface area contributed by atoms with Gasteiger partial charge in [-0.05, 0) is 60.5 Å². The van der Waals surface area contributed by atoms with Gasteiger partial charge in [-0.2, -0.15) is 0 Å². The molecule has 0 aromatic heterocycles. The fourth-order valence-electron chi connectivity index (χ4n) is 3.87. The van der Waals surface area contributed by atoms with Gasteiger partial charge in [0.1, 0.15) is 12.3 Å². The monoisotopic (exact) mass is 493 g/mol. The molecule has 1 N–H and O–H groups in total. The van der Waals surface area contributed by atoms with Crippen LogP contribution in [0, 0.1) is 0 Å². The molecule has 0 spiro atoms. The topological polar surface area (TPSA) is 96.0 Å². The molecule has 0 atom stereocenters. The standard InChI is InChI=1S/C26H27N3O5S/c30-23(27-20-8-4-3-5-9-20)18-34-21-12-10-19(11-13-21)16-22-25(32)29(26(33)35-22)17-24(31)28-14-6-1-2-7-15-28/h3-5,8-13,16H,1-2,6-7,14-15,17-18H2,(H,27,30). The molecule has 2 heterocycles. The molecule has 182 valence electrons. The summed E-state index contributed by atoms with van der Waals surface area (Å²) in [5, 5.41) is 2.31. The lowest BCUT2D eigenvalue weighted by Crippen LogP contribution is -2.42. The zero-order valence-corrected chi connectivity index (χ0v) is 20.1. The van der Waals surface area contributed by atoms with Gasteiger partial charge in [-0.3, -0.25) is 24.1 Å². The first kappa shape index (κ1) is 24.5. The van der Waals surface area contributed by atoms with Crippen molar-refractivity contribution in [2.24, 2.45) is 0 Å². The first-order chi connectivity index (χ1) is 17.0. The van der Waals surface area contributed by atoms with Crippen LogP contribution in [0.2, 0.25) is 0 Å². The molecular formula is C26H27N3O5S. The molecule has 0 aliphatic carbocycles. The summed E-state index contributed by atoms with van der Waals surface area (Å²) in [4.78, 5) is 52.9. The van der Waals surface area contributed by atoms with Crippen molar-refractivity contribution in [3.05, 3.63) is 65.1 Å². The molecule has 0 bridgehead atoms. The minimum absolute atomic E-state index is 0.141. The lowest BCUT2D eigenvalue weighted by molar-refractivity contribution is -0.135. The van der Waals surface area contributed by atoms with Crippen LogP contribution < -0.4 is 10.1 Å². The first-order valence-corrected chi connectivity index (χ1v) is 12.4. The summed E-state index contributed by atoms with van der Waals surface area (Å²) >= 11 is 0.832. The molecule has 2 aliphatic rings. The van der Waals surface area contributed by atoms with Crippen LogP contribution in [0.5, 0.6) is 5.75 Å². The average molecular weight is 494 g/mol. The highest BCUT2D eigenvalue weighted by Gasteiger charge is 2.37. The molecule has 2 saturated heterocycles. The number of carbonyl (C=O) groups excluding carboxylic acids is 4. The molecule has 2 aromatic rings. The van der Waals surface area contributed by atoms with Crippen molar-refractivity contribution in [1.29, 1.82) is 0 Å². The molecule has 2 aliphatic heterocycles. The van der Waals surface area contributed by atoms with Crippen LogP contribution >= 0.6 is 11.8 Å². The summed E-state index contributed by atoms with van der Waals surface area (Å²) in [6.45, 7) is 0.985. The van der Waals surface area contributed by atoms with Gasteiger partial charge in [0, 0.05) is 18.8 Å². The molecule has 4 rings (SSSR count). The number of nitrogens with zero attached hydrogens (tertiary/aromatic N) is 2. The van der Waals surface area contributed by atoms with Gasteiger partial charge in [0.2, 0.25) is 5.91 Å². The number of rotatable bonds is 7. The van der Waals surface area contributed by atoms with E-state index >= 15 is 0 Å². The van der Waals surface area contributed by atoms with Crippen LogP contribution in [0.15, 0.2) is 59.5 Å². The third-order valence-electron chi connectivity index (χ3n) is 5.73. The Hall–Kier alpha value is -3.59. The van der Waals surface area contributed by atoms with Gasteiger partial charge in [0.05, 0.1) is 4.91 Å². The van der Waals surface area contributed by atoms with Crippen molar-refractivity contribution in [3.63, 3.8) is 0 Å². The minimum atomic E-state index is -0.457. The highest BCUT2D eigenvalue weighted by atomic mass is 32.2. The first-order valence-electron chi connectivity index (χ1n) is 11.6. The van der Waals surface area contributed by atoms with Crippen LogP contribution in [0.4, 0.5) is 10.5 Å². The summed E-state index contributed by atoms with van der Waals surface area (Å²) in [6, 6.07) is 16.0. The zero-order valence-electron chi connectivity index (χ0n) is 19.3. The number of ether oxygens (including phenoxy) is 1. The Balaban J connectivity index is 1.31. The van der Waals surface area contributed by atoms with Crippen molar-refractivity contribution in [2.45, 2.75) is 25.7 Å². The summed E-state index contributed by atoms with van der Waals surface area (Å²) in [7, 11) is 0. The highest BCUT2D eigenvalue weighted by molar-refractivity contribution is 8.18. The van der Waals surface area contributed by atoms with Crippen LogP contribution in [-0.2, 0) is 14.4 Å². The van der Waals surface area contributed by atoms with Gasteiger partial charge < -0.3 is 15.0 Å². The number of imide groups is 1. The molecule has 8 nitrogen and oxygen atoms in total. The van der Waals surface area contributed by atoms with Crippen molar-refractivity contribution in [2.75, 3.05) is 31.6 Å². The molecule has 2 aromatic carbocycles. The largest absolute Gasteiger partial charge is 0.484 e. The zero-order chi connectivity index (χ0) is 24.6. The summed E-state index contributed by atoms with van der Waals surface area (Å²) in [5.74, 6) is -0.417. The maximum atomic E-state index is 12.8. The van der Waals surface area contributed by atoms with E-state index in [2.05, 4.69) is 5.32 Å². The Bertz CT molecular complexity index is 1110. The maximum Gasteiger partial charge on any atom is 0.294 e. The third-order valence-corrected chi connectivity index (χ3v) is 6.64. The molecule has 0 unspecified atom stereocenters. The SMILES string of the molecule is O=C(COc1ccc(C=C2SC(=O)N(CC(=O)N3CCCCCC3)C2=O)cc1)Nc1ccccc1. The predicted molar refractivity (Wildman–Crippen MR) is 135 cm³/mol. The second-order valence-corrected chi connectivity index (χ2v) is 9.33. The number of amides is 4. The molecule has 0 saturated carbocycles. The van der Waals surface area contributed by atoms with Crippen molar-refractivity contribution >= 4 is 46.5 Å². The number of nitrogens with one attached hydrogen (secondary N) is 1. The number of anilines is 1. The quantitative estimate of drug-likeness (QED) is 0.583. The van der Waals surface area contributed by atoms with Gasteiger partial charge in [-0.15, -0.1) is 0 Å². The molecule has 0 radical (unpaired) electrons. The Kier molecular flexibility index (Phi) is 8.20. The predicted octanol–water partition coefficient (Wildman–Crippen LogP) is 4.14. The fourth-order valence-corrected chi connectivity index (χ4v) is 4.71. The van der Waals surface area contributed by atoms with Gasteiger partial charge in [-0.1, -0.05) is 43.2 Å². The normalized spacial score (nSPS) is 17.4. The van der Waals surface area contributed by atoms with Gasteiger partial charge >= 0.3 is 0 Å². The minimum Gasteiger partial charge on any atom is -0.484 e. The van der Waals surface area contributed by atoms with E-state index in [9.17, 15) is 19.2 Å². The van der Waals surface area contributed by atoms with E-state index in [-0.39, 0.29) is 29.9 Å². The third kappa shape index (κ3) is 6.73. The number of likely N-dealkylation sites (tertiary alicyclic amines) is 1. The van der Waals surface area contributed by atoms with E-state index in [1.807, 2.05) is 18.2 Å². The van der Waals surface area contributed by atoms with E-state index < -0.39 is 11.1 Å². The molecular weight excluding hydrogens is 466 g/mol. The highest BCUT2D eigenvalue weighted by Crippen LogP contribution is 2.32. The second kappa shape index (κ2) is 11.7. The number of benzene rings is 2. The van der Waals surface area contributed by atoms with Crippen molar-refractivity contribution in [1.82, 2.24) is 9.80 Å². The Labute approximate surface area is 208 Å². The fraction of sp³-hybridized carbons (Fsp3) is 0.308. The average Bonchev–Trinajstić information content (AvgIpc) is 3.05. The molecule has 4 amide bonds. The summed E-state index contributed by atoms with van der Waals surface area (Å²) < 4.78 is 5.52. The molecule has 2 fully saturated rings. The van der Waals surface area contributed by atoms with Crippen LogP contribution in [0.1, 0.15) is 31.2 Å². The number of para-hydroxylation sites is 1. The number of thioether (sulfide) groups is 1. The van der Waals surface area contributed by atoms with E-state index in [4.69, 9.17) is 4.74 Å². The Morgan fingerprint density at radius 3 is 2.31 bits per heavy atom. The Morgan fingerprint density at radius 1 is 0.943 bits per heavy atom. The van der Waals surface area contributed by atoms with Gasteiger partial charge in [0.25, 0.3) is 17.1 Å². The lowest BCUT2D eigenvalue weighted by atomic mass is 10.2. The molecule has 35 heavy (non-hydrogen) atoms. The van der Waals surface area contributed by atoms with Crippen LogP contribution in [-0.4, -0.2) is 59.0 Å². The Morgan fingerprint density at radius 2 is 1.63 bits per heavy atom. The van der Waals surface area contributed by atoms with Gasteiger partial charge in [0.15, 0.2) is 6.61 Å². The van der Waals surface area contributed by atoms with E-state index in [0.717, 1.165) is 42.3 Å². The van der Waals surface area contributed by atoms with Crippen LogP contribution in [0.25, 0.3) is 6.08 Å². The second-order valence-electron chi connectivity index (χ2n) is 8.33. The van der Waals surface area contributed by atoms with Crippen LogP contribution in [0.3, 0.4) is 0 Å². The molecule has 9 heteroatoms. The summed E-state index contributed by atoms with van der Waals surface area (Å²) in [6.07, 6.45) is 5.71. The number of hydrogen-bond donors (Lipinski definition) is 1. The lowest BCUT2D eigenvalue weighted by Gasteiger charge is -2.22. The van der Waals surface area contributed by atoms with Gasteiger partial charge in [-0.25, -0.2) is 0 Å². The van der Waals surface area contributed by atoms with Crippen molar-refractivity contribution < 1.29 is 23.9 Å². The van der Waals surface area contributed by atoms with E-state index in [0.29, 0.717) is 30.1 Å². The number of hydrogen-bond acceptors (Lipinski definition) is 6. The maximum absolute atomic E-state index is 12.8.